The van der Waals surface area contributed by atoms with E-state index < -0.39 is 0 Å². The van der Waals surface area contributed by atoms with Gasteiger partial charge >= 0.3 is 23.1 Å². The summed E-state index contributed by atoms with van der Waals surface area (Å²) in [6, 6.07) is 10.3. The molecule has 0 fully saturated rings. The molecule has 0 spiro atoms. The van der Waals surface area contributed by atoms with E-state index in [9.17, 15) is 0 Å². The van der Waals surface area contributed by atoms with E-state index >= 15 is 0 Å². The van der Waals surface area contributed by atoms with Crippen molar-refractivity contribution < 1.29 is 4.74 Å². The zero-order chi connectivity index (χ0) is 5.82. The van der Waals surface area contributed by atoms with Gasteiger partial charge in [0, 0.05) is 5.75 Å². The smallest absolute Gasteiger partial charge is 0.554 e. The zero-order valence-corrected chi connectivity index (χ0v) is 9.06. The molecule has 0 saturated heterocycles. The SMILES string of the molecule is COc1c[c-]ccc1.Cl.[CH3-].[Mg+2]. The summed E-state index contributed by atoms with van der Waals surface area (Å²) in [7, 11) is 1.64. The Bertz CT molecular complexity index is 155. The van der Waals surface area contributed by atoms with E-state index in [0.717, 1.165) is 5.75 Å². The van der Waals surface area contributed by atoms with Crippen molar-refractivity contribution in [3.8, 4) is 5.75 Å². The third-order valence-electron chi connectivity index (χ3n) is 0.914. The van der Waals surface area contributed by atoms with Gasteiger partial charge < -0.3 is 12.2 Å². The Hall–Kier alpha value is 0.0762. The number of hydrogen-bond acceptors (Lipinski definition) is 1. The van der Waals surface area contributed by atoms with E-state index in [1.807, 2.05) is 18.2 Å². The Kier molecular flexibility index (Phi) is 15.8. The Morgan fingerprint density at radius 1 is 1.45 bits per heavy atom. The average Bonchev–Trinajstić information content (AvgIpc) is 1.90. The van der Waals surface area contributed by atoms with Crippen LogP contribution in [0.15, 0.2) is 24.3 Å². The van der Waals surface area contributed by atoms with Crippen molar-refractivity contribution in [2.75, 3.05) is 7.11 Å². The predicted octanol–water partition coefficient (Wildman–Crippen LogP) is 1.99. The van der Waals surface area contributed by atoms with E-state index in [4.69, 9.17) is 4.74 Å². The summed E-state index contributed by atoms with van der Waals surface area (Å²) in [5, 5.41) is 0. The van der Waals surface area contributed by atoms with Crippen molar-refractivity contribution in [2.24, 2.45) is 0 Å². The van der Waals surface area contributed by atoms with Crippen LogP contribution >= 0.6 is 12.4 Å². The molecule has 1 nitrogen and oxygen atoms in total. The van der Waals surface area contributed by atoms with Crippen LogP contribution < -0.4 is 4.74 Å². The fourth-order valence-electron chi connectivity index (χ4n) is 0.504. The quantitative estimate of drug-likeness (QED) is 0.477. The molecule has 11 heavy (non-hydrogen) atoms. The van der Waals surface area contributed by atoms with Gasteiger partial charge in [0.1, 0.15) is 0 Å². The molecule has 0 aliphatic heterocycles. The fraction of sp³-hybridized carbons (Fsp3) is 0.125. The van der Waals surface area contributed by atoms with Crippen molar-refractivity contribution >= 4 is 35.5 Å². The first-order chi connectivity index (χ1) is 3.93. The molecule has 0 aliphatic rings. The van der Waals surface area contributed by atoms with Crippen molar-refractivity contribution in [2.45, 2.75) is 0 Å². The van der Waals surface area contributed by atoms with Crippen LogP contribution in [0.2, 0.25) is 0 Å². The Labute approximate surface area is 90.7 Å². The maximum atomic E-state index is 4.88. The van der Waals surface area contributed by atoms with Crippen LogP contribution in [0.1, 0.15) is 0 Å². The molecule has 0 bridgehead atoms. The molecule has 0 amide bonds. The zero-order valence-electron chi connectivity index (χ0n) is 6.83. The number of ether oxygens (including phenoxy) is 1. The van der Waals surface area contributed by atoms with Crippen LogP contribution in [-0.4, -0.2) is 30.2 Å². The number of hydrogen-bond donors (Lipinski definition) is 0. The van der Waals surface area contributed by atoms with Crippen molar-refractivity contribution in [1.82, 2.24) is 0 Å². The summed E-state index contributed by atoms with van der Waals surface area (Å²) >= 11 is 0. The summed E-state index contributed by atoms with van der Waals surface area (Å²) in [5.74, 6) is 0.854. The predicted molar refractivity (Wildman–Crippen MR) is 51.2 cm³/mol. The molecular weight excluding hydrogens is 172 g/mol. The summed E-state index contributed by atoms with van der Waals surface area (Å²) in [5.41, 5.74) is 0. The molecule has 1 aromatic rings. The van der Waals surface area contributed by atoms with Crippen molar-refractivity contribution in [1.29, 1.82) is 0 Å². The normalized spacial score (nSPS) is 6.27. The van der Waals surface area contributed by atoms with E-state index in [-0.39, 0.29) is 42.9 Å². The molecule has 1 aromatic carbocycles. The minimum absolute atomic E-state index is 0. The number of methoxy groups -OCH3 is 1. The summed E-state index contributed by atoms with van der Waals surface area (Å²) in [4.78, 5) is 0. The summed E-state index contributed by atoms with van der Waals surface area (Å²) in [6.07, 6.45) is 0. The third-order valence-corrected chi connectivity index (χ3v) is 0.914. The van der Waals surface area contributed by atoms with Crippen molar-refractivity contribution in [3.63, 3.8) is 0 Å². The van der Waals surface area contributed by atoms with Gasteiger partial charge in [0.05, 0.1) is 7.11 Å². The second kappa shape index (κ2) is 10.1. The van der Waals surface area contributed by atoms with Gasteiger partial charge in [0.15, 0.2) is 0 Å². The van der Waals surface area contributed by atoms with Crippen LogP contribution in [0.4, 0.5) is 0 Å². The van der Waals surface area contributed by atoms with Crippen LogP contribution in [-0.2, 0) is 0 Å². The van der Waals surface area contributed by atoms with Gasteiger partial charge in [-0.1, -0.05) is 0 Å². The first-order valence-electron chi connectivity index (χ1n) is 2.43. The number of benzene rings is 1. The molecule has 0 heterocycles. The second-order valence-electron chi connectivity index (χ2n) is 1.44. The number of halogens is 1. The second-order valence-corrected chi connectivity index (χ2v) is 1.44. The van der Waals surface area contributed by atoms with Gasteiger partial charge in [-0.3, -0.25) is 0 Å². The molecule has 0 radical (unpaired) electrons. The molecule has 0 aromatic heterocycles. The van der Waals surface area contributed by atoms with E-state index in [1.54, 1.807) is 13.2 Å². The van der Waals surface area contributed by atoms with Crippen LogP contribution in [0, 0.1) is 13.5 Å². The third kappa shape index (κ3) is 6.47. The molecule has 1 rings (SSSR count). The Balaban J connectivity index is -0.000000213. The standard InChI is InChI=1S/C7H7O.CH3.ClH.Mg/c1-8-7-5-3-2-4-6-7;;;/h2-3,5-6H,1H3;1H3;1H;/q2*-1;;+2. The molecule has 0 saturated carbocycles. The van der Waals surface area contributed by atoms with E-state index in [1.165, 1.54) is 0 Å². The molecule has 3 heteroatoms. The maximum Gasteiger partial charge on any atom is 2.00 e. The monoisotopic (exact) mass is 182 g/mol. The maximum absolute atomic E-state index is 4.88. The van der Waals surface area contributed by atoms with Gasteiger partial charge in [-0.25, -0.2) is 0 Å². The summed E-state index contributed by atoms with van der Waals surface area (Å²) < 4.78 is 4.88. The Morgan fingerprint density at radius 3 is 2.36 bits per heavy atom. The summed E-state index contributed by atoms with van der Waals surface area (Å²) in [6.45, 7) is 0. The number of rotatable bonds is 1. The van der Waals surface area contributed by atoms with Crippen molar-refractivity contribution in [3.05, 3.63) is 37.8 Å². The topological polar surface area (TPSA) is 9.23 Å². The molecule has 0 N–H and O–H groups in total. The van der Waals surface area contributed by atoms with E-state index in [2.05, 4.69) is 6.07 Å². The minimum Gasteiger partial charge on any atom is -0.554 e. The van der Waals surface area contributed by atoms with Crippen LogP contribution in [0.3, 0.4) is 0 Å². The van der Waals surface area contributed by atoms with Crippen LogP contribution in [0.5, 0.6) is 5.75 Å². The first kappa shape index (κ1) is 17.2. The molecule has 58 valence electrons. The van der Waals surface area contributed by atoms with Gasteiger partial charge in [0.25, 0.3) is 0 Å². The van der Waals surface area contributed by atoms with Crippen LogP contribution in [0.25, 0.3) is 0 Å². The Morgan fingerprint density at radius 2 is 2.09 bits per heavy atom. The molecular formula is C8H11ClMgO. The van der Waals surface area contributed by atoms with Gasteiger partial charge in [0.2, 0.25) is 0 Å². The minimum atomic E-state index is 0. The fourth-order valence-corrected chi connectivity index (χ4v) is 0.504. The van der Waals surface area contributed by atoms with Gasteiger partial charge in [-0.15, -0.1) is 24.5 Å². The largest absolute Gasteiger partial charge is 2.00 e. The molecule has 0 unspecified atom stereocenters. The van der Waals surface area contributed by atoms with E-state index in [0.29, 0.717) is 0 Å². The molecule has 0 aliphatic carbocycles. The van der Waals surface area contributed by atoms with Gasteiger partial charge in [-0.2, -0.15) is 18.2 Å². The first-order valence-corrected chi connectivity index (χ1v) is 2.43. The van der Waals surface area contributed by atoms with Gasteiger partial charge in [-0.05, 0) is 0 Å². The average molecular weight is 183 g/mol. The molecule has 0 atom stereocenters.